The minimum absolute atomic E-state index is 0. The summed E-state index contributed by atoms with van der Waals surface area (Å²) in [7, 11) is 0. The Bertz CT molecular complexity index is 56.9. The molecule has 40 valence electrons. The minimum Gasteiger partial charge on any atom is -0.325 e. The van der Waals surface area contributed by atoms with E-state index in [4.69, 9.17) is 14.7 Å². The summed E-state index contributed by atoms with van der Waals surface area (Å²) in [4.78, 5) is 22.7. The van der Waals surface area contributed by atoms with Crippen molar-refractivity contribution in [2.75, 3.05) is 0 Å². The van der Waals surface area contributed by atoms with Gasteiger partial charge >= 0.3 is 6.72 Å². The van der Waals surface area contributed by atoms with Gasteiger partial charge in [-0.15, -0.1) is 24.0 Å². The van der Waals surface area contributed by atoms with Crippen LogP contribution in [0.25, 0.3) is 0 Å². The summed E-state index contributed by atoms with van der Waals surface area (Å²) in [5.41, 5.74) is 0. The van der Waals surface area contributed by atoms with Crippen molar-refractivity contribution in [3.8, 4) is 0 Å². The van der Waals surface area contributed by atoms with E-state index in [1.807, 2.05) is 0 Å². The molecule has 0 atom stereocenters. The van der Waals surface area contributed by atoms with Crippen molar-refractivity contribution < 1.29 is 14.7 Å². The summed E-state index contributed by atoms with van der Waals surface area (Å²) in [6.45, 7) is -3.81. The molecule has 3 nitrogen and oxygen atoms in total. The number of rotatable bonds is 0. The van der Waals surface area contributed by atoms with Gasteiger partial charge in [-0.3, -0.25) is 0 Å². The van der Waals surface area contributed by atoms with E-state index in [9.17, 15) is 0 Å². The molecule has 0 aromatic rings. The molecule has 0 spiro atoms. The van der Waals surface area contributed by atoms with E-state index >= 15 is 0 Å². The third kappa shape index (κ3) is 60.1. The van der Waals surface area contributed by atoms with E-state index in [-0.39, 0.29) is 24.0 Å². The SMILES string of the molecule is I.OP(O)(O)=S. The van der Waals surface area contributed by atoms with Crippen LogP contribution in [-0.4, -0.2) is 14.7 Å². The molecular formula is H4IO3PS. The first-order valence-electron chi connectivity index (χ1n) is 0.783. The number of hydrogen-bond donors (Lipinski definition) is 3. The normalized spacial score (nSPS) is 9.83. The summed E-state index contributed by atoms with van der Waals surface area (Å²) in [6, 6.07) is 0. The highest BCUT2D eigenvalue weighted by atomic mass is 127. The van der Waals surface area contributed by atoms with Gasteiger partial charge in [0.25, 0.3) is 0 Å². The van der Waals surface area contributed by atoms with Gasteiger partial charge in [0.05, 0.1) is 0 Å². The Hall–Kier alpha value is 1.26. The fraction of sp³-hybridized carbons (Fsp3) is 0. The molecule has 6 heteroatoms. The molecule has 0 heterocycles. The monoisotopic (exact) mass is 242 g/mol. The zero-order chi connectivity index (χ0) is 4.50. The van der Waals surface area contributed by atoms with Gasteiger partial charge in [-0.1, -0.05) is 0 Å². The van der Waals surface area contributed by atoms with Crippen LogP contribution in [0.2, 0.25) is 0 Å². The molecule has 6 heavy (non-hydrogen) atoms. The highest BCUT2D eigenvalue weighted by Crippen LogP contribution is 2.26. The maximum atomic E-state index is 7.56. The van der Waals surface area contributed by atoms with Crippen molar-refractivity contribution in [3.05, 3.63) is 0 Å². The van der Waals surface area contributed by atoms with Crippen LogP contribution in [0.1, 0.15) is 0 Å². The molecule has 0 aliphatic rings. The van der Waals surface area contributed by atoms with Crippen molar-refractivity contribution >= 4 is 42.5 Å². The summed E-state index contributed by atoms with van der Waals surface area (Å²) in [5.74, 6) is 0. The summed E-state index contributed by atoms with van der Waals surface area (Å²) in [6.07, 6.45) is 0. The van der Waals surface area contributed by atoms with Crippen LogP contribution >= 0.6 is 30.7 Å². The van der Waals surface area contributed by atoms with Crippen molar-refractivity contribution in [1.82, 2.24) is 0 Å². The maximum Gasteiger partial charge on any atom is 0.319 e. The molecule has 0 saturated heterocycles. The average molecular weight is 242 g/mol. The van der Waals surface area contributed by atoms with E-state index in [2.05, 4.69) is 11.8 Å². The highest BCUT2D eigenvalue weighted by Gasteiger charge is 1.92. The lowest BCUT2D eigenvalue weighted by atomic mass is 15.8. The topological polar surface area (TPSA) is 60.7 Å². The highest BCUT2D eigenvalue weighted by molar-refractivity contribution is 14.0. The van der Waals surface area contributed by atoms with E-state index in [1.165, 1.54) is 0 Å². The zero-order valence-electron chi connectivity index (χ0n) is 2.61. The first-order valence-corrected chi connectivity index (χ1v) is 3.44. The molecule has 0 fully saturated rings. The minimum atomic E-state index is -3.81. The molecule has 0 saturated carbocycles. The lowest BCUT2D eigenvalue weighted by Gasteiger charge is -1.88. The Morgan fingerprint density at radius 2 is 1.17 bits per heavy atom. The third-order valence-electron chi connectivity index (χ3n) is 0. The predicted octanol–water partition coefficient (Wildman–Crippen LogP) is -0.194. The lowest BCUT2D eigenvalue weighted by Crippen LogP contribution is -1.65. The maximum absolute atomic E-state index is 7.56. The van der Waals surface area contributed by atoms with E-state index in [0.29, 0.717) is 0 Å². The van der Waals surface area contributed by atoms with E-state index in [0.717, 1.165) is 0 Å². The largest absolute Gasteiger partial charge is 0.325 e. The second-order valence-corrected chi connectivity index (χ2v) is 3.01. The molecule has 3 N–H and O–H groups in total. The predicted molar refractivity (Wildman–Crippen MR) is 36.4 cm³/mol. The quantitative estimate of drug-likeness (QED) is 0.407. The van der Waals surface area contributed by atoms with Crippen molar-refractivity contribution in [1.29, 1.82) is 0 Å². The van der Waals surface area contributed by atoms with Crippen LogP contribution in [0.15, 0.2) is 0 Å². The van der Waals surface area contributed by atoms with Crippen LogP contribution in [0.4, 0.5) is 0 Å². The smallest absolute Gasteiger partial charge is 0.319 e. The van der Waals surface area contributed by atoms with Gasteiger partial charge < -0.3 is 14.7 Å². The van der Waals surface area contributed by atoms with Gasteiger partial charge in [-0.25, -0.2) is 0 Å². The third-order valence-corrected chi connectivity index (χ3v) is 0. The Labute approximate surface area is 57.3 Å². The summed E-state index contributed by atoms with van der Waals surface area (Å²) in [5, 5.41) is 0. The molecular weight excluding hydrogens is 238 g/mol. The van der Waals surface area contributed by atoms with Crippen molar-refractivity contribution in [2.24, 2.45) is 0 Å². The molecule has 0 rings (SSSR count). The Kier molecular flexibility index (Phi) is 5.63. The second kappa shape index (κ2) is 3.29. The standard InChI is InChI=1S/HI.H3O3PS/c;1-4(2,3)5/h1H;(H3,1,2,3,5). The first kappa shape index (κ1) is 10.3. The molecule has 0 aliphatic carbocycles. The van der Waals surface area contributed by atoms with Gasteiger partial charge in [0.2, 0.25) is 0 Å². The van der Waals surface area contributed by atoms with E-state index in [1.54, 1.807) is 0 Å². The molecule has 0 bridgehead atoms. The summed E-state index contributed by atoms with van der Waals surface area (Å²) >= 11 is 3.60. The van der Waals surface area contributed by atoms with Crippen molar-refractivity contribution in [3.63, 3.8) is 0 Å². The fourth-order valence-electron chi connectivity index (χ4n) is 0. The van der Waals surface area contributed by atoms with E-state index < -0.39 is 6.72 Å². The fourth-order valence-corrected chi connectivity index (χ4v) is 0. The molecule has 0 unspecified atom stereocenters. The summed E-state index contributed by atoms with van der Waals surface area (Å²) < 4.78 is 0. The van der Waals surface area contributed by atoms with Crippen molar-refractivity contribution in [2.45, 2.75) is 0 Å². The molecule has 0 radical (unpaired) electrons. The first-order chi connectivity index (χ1) is 2.00. The van der Waals surface area contributed by atoms with Gasteiger partial charge in [0.1, 0.15) is 0 Å². The van der Waals surface area contributed by atoms with Gasteiger partial charge in [-0.05, 0) is 11.8 Å². The lowest BCUT2D eigenvalue weighted by molar-refractivity contribution is 0.363. The number of halogens is 1. The van der Waals surface area contributed by atoms with Crippen LogP contribution < -0.4 is 0 Å². The van der Waals surface area contributed by atoms with Gasteiger partial charge in [0, 0.05) is 0 Å². The van der Waals surface area contributed by atoms with Gasteiger partial charge in [-0.2, -0.15) is 0 Å². The number of hydrogen-bond acceptors (Lipinski definition) is 1. The molecule has 0 aromatic heterocycles. The Balaban J connectivity index is 0. The van der Waals surface area contributed by atoms with Gasteiger partial charge in [0.15, 0.2) is 0 Å². The van der Waals surface area contributed by atoms with Crippen LogP contribution in [0.3, 0.4) is 0 Å². The average Bonchev–Trinajstić information content (AvgIpc) is 0.722. The van der Waals surface area contributed by atoms with Crippen LogP contribution in [-0.2, 0) is 11.8 Å². The van der Waals surface area contributed by atoms with Crippen LogP contribution in [0.5, 0.6) is 0 Å². The Morgan fingerprint density at radius 3 is 1.17 bits per heavy atom. The zero-order valence-corrected chi connectivity index (χ0v) is 6.65. The molecule has 0 aromatic carbocycles. The molecule has 0 aliphatic heterocycles. The molecule has 0 amide bonds. The Morgan fingerprint density at radius 1 is 1.17 bits per heavy atom. The second-order valence-electron chi connectivity index (χ2n) is 0.513. The van der Waals surface area contributed by atoms with Crippen LogP contribution in [0, 0.1) is 0 Å².